The van der Waals surface area contributed by atoms with Crippen LogP contribution in [0.2, 0.25) is 0 Å². The van der Waals surface area contributed by atoms with Crippen molar-refractivity contribution in [2.75, 3.05) is 11.0 Å². The van der Waals surface area contributed by atoms with Crippen LogP contribution < -0.4 is 4.72 Å². The number of nitrogens with one attached hydrogen (secondary N) is 2. The van der Waals surface area contributed by atoms with Gasteiger partial charge in [-0.25, -0.2) is 13.4 Å². The number of rotatable bonds is 3. The monoisotopic (exact) mass is 303 g/mol. The minimum absolute atomic E-state index is 0.666. The molecule has 0 bridgehead atoms. The van der Waals surface area contributed by atoms with Crippen LogP contribution in [0.3, 0.4) is 0 Å². The summed E-state index contributed by atoms with van der Waals surface area (Å²) in [6.45, 7) is 2.04. The third-order valence-electron chi connectivity index (χ3n) is 3.60. The molecule has 110 valence electrons. The highest BCUT2D eigenvalue weighted by Crippen LogP contribution is 2.37. The van der Waals surface area contributed by atoms with Gasteiger partial charge in [0.05, 0.1) is 24.0 Å². The van der Waals surface area contributed by atoms with Crippen LogP contribution in [0.25, 0.3) is 5.57 Å². The molecule has 0 amide bonds. The van der Waals surface area contributed by atoms with Crippen molar-refractivity contribution < 1.29 is 8.42 Å². The molecule has 1 aliphatic rings. The first-order chi connectivity index (χ1) is 9.96. The summed E-state index contributed by atoms with van der Waals surface area (Å²) in [5.74, 6) is 0. The number of aromatic nitrogens is 2. The van der Waals surface area contributed by atoms with E-state index in [9.17, 15) is 8.42 Å². The summed E-state index contributed by atoms with van der Waals surface area (Å²) < 4.78 is 25.7. The number of nitrogens with zero attached hydrogens (tertiary/aromatic N) is 1. The molecule has 0 spiro atoms. The quantitative estimate of drug-likeness (QED) is 0.914. The van der Waals surface area contributed by atoms with Gasteiger partial charge in [-0.15, -0.1) is 0 Å². The van der Waals surface area contributed by atoms with E-state index in [1.807, 2.05) is 25.3 Å². The van der Waals surface area contributed by atoms with Gasteiger partial charge in [0.25, 0.3) is 0 Å². The molecule has 3 rings (SSSR count). The molecule has 0 radical (unpaired) electrons. The normalized spacial score (nSPS) is 14.5. The van der Waals surface area contributed by atoms with E-state index in [0.717, 1.165) is 40.8 Å². The van der Waals surface area contributed by atoms with Crippen LogP contribution in [-0.4, -0.2) is 24.6 Å². The number of hydrogen-bond acceptors (Lipinski definition) is 3. The molecule has 2 aromatic rings. The zero-order chi connectivity index (χ0) is 15.0. The van der Waals surface area contributed by atoms with E-state index in [-0.39, 0.29) is 0 Å². The second-order valence-electron chi connectivity index (χ2n) is 5.27. The van der Waals surface area contributed by atoms with Gasteiger partial charge >= 0.3 is 0 Å². The maximum absolute atomic E-state index is 11.5. The summed E-state index contributed by atoms with van der Waals surface area (Å²) in [6.07, 6.45) is 8.54. The second kappa shape index (κ2) is 5.04. The standard InChI is InChI=1S/C15H17N3O2S/c1-10-6-7-13(18-21(2,19)20)11-4-3-5-12(15(10)11)14-8-16-9-17-14/h5-9,18H,3-4H2,1-2H3,(H,16,17). The average Bonchev–Trinajstić information content (AvgIpc) is 2.94. The number of aryl methyl sites for hydroxylation is 1. The van der Waals surface area contributed by atoms with Crippen LogP contribution in [0, 0.1) is 6.92 Å². The summed E-state index contributed by atoms with van der Waals surface area (Å²) in [4.78, 5) is 7.29. The number of imidazole rings is 1. The lowest BCUT2D eigenvalue weighted by atomic mass is 9.85. The van der Waals surface area contributed by atoms with Crippen molar-refractivity contribution in [2.45, 2.75) is 19.8 Å². The highest BCUT2D eigenvalue weighted by Gasteiger charge is 2.21. The summed E-state index contributed by atoms with van der Waals surface area (Å²) >= 11 is 0. The maximum Gasteiger partial charge on any atom is 0.229 e. The van der Waals surface area contributed by atoms with Crippen molar-refractivity contribution in [3.63, 3.8) is 0 Å². The van der Waals surface area contributed by atoms with Crippen LogP contribution >= 0.6 is 0 Å². The minimum Gasteiger partial charge on any atom is -0.351 e. The Morgan fingerprint density at radius 1 is 1.33 bits per heavy atom. The highest BCUT2D eigenvalue weighted by atomic mass is 32.2. The summed E-state index contributed by atoms with van der Waals surface area (Å²) in [6, 6.07) is 3.78. The maximum atomic E-state index is 11.5. The Hall–Kier alpha value is -2.08. The zero-order valence-electron chi connectivity index (χ0n) is 12.0. The van der Waals surface area contributed by atoms with Crippen LogP contribution in [0.1, 0.15) is 28.8 Å². The number of benzene rings is 1. The second-order valence-corrected chi connectivity index (χ2v) is 7.02. The Balaban J connectivity index is 2.16. The molecule has 2 N–H and O–H groups in total. The SMILES string of the molecule is Cc1ccc(NS(C)(=O)=O)c2c1C(c1c[nH]cn1)=CCC2. The average molecular weight is 303 g/mol. The van der Waals surface area contributed by atoms with Crippen molar-refractivity contribution in [3.8, 4) is 0 Å². The van der Waals surface area contributed by atoms with Gasteiger partial charge in [0.15, 0.2) is 0 Å². The molecule has 0 atom stereocenters. The molecule has 0 fully saturated rings. The number of aromatic amines is 1. The third kappa shape index (κ3) is 2.71. The number of allylic oxidation sites excluding steroid dienone is 1. The van der Waals surface area contributed by atoms with Crippen LogP contribution in [-0.2, 0) is 16.4 Å². The number of hydrogen-bond donors (Lipinski definition) is 2. The van der Waals surface area contributed by atoms with Crippen molar-refractivity contribution >= 4 is 21.3 Å². The lowest BCUT2D eigenvalue weighted by Crippen LogP contribution is -2.14. The Morgan fingerprint density at radius 3 is 2.81 bits per heavy atom. The molecule has 5 nitrogen and oxygen atoms in total. The van der Waals surface area contributed by atoms with Crippen molar-refractivity contribution in [3.05, 3.63) is 53.1 Å². The lowest BCUT2D eigenvalue weighted by Gasteiger charge is -2.22. The Kier molecular flexibility index (Phi) is 3.33. The number of H-pyrrole nitrogens is 1. The fourth-order valence-electron chi connectivity index (χ4n) is 2.80. The van der Waals surface area contributed by atoms with Gasteiger partial charge in [0.1, 0.15) is 0 Å². The van der Waals surface area contributed by atoms with Gasteiger partial charge in [-0.1, -0.05) is 12.1 Å². The van der Waals surface area contributed by atoms with Crippen LogP contribution in [0.15, 0.2) is 30.7 Å². The minimum atomic E-state index is -3.29. The van der Waals surface area contributed by atoms with Crippen molar-refractivity contribution in [1.29, 1.82) is 0 Å². The van der Waals surface area contributed by atoms with Crippen molar-refractivity contribution in [1.82, 2.24) is 9.97 Å². The van der Waals surface area contributed by atoms with Gasteiger partial charge in [-0.3, -0.25) is 4.72 Å². The number of sulfonamides is 1. The molecule has 0 aliphatic heterocycles. The van der Waals surface area contributed by atoms with E-state index in [1.165, 1.54) is 6.26 Å². The summed E-state index contributed by atoms with van der Waals surface area (Å²) in [5, 5.41) is 0. The van der Waals surface area contributed by atoms with E-state index >= 15 is 0 Å². The van der Waals surface area contributed by atoms with Gasteiger partial charge in [-0.2, -0.15) is 0 Å². The van der Waals surface area contributed by atoms with E-state index < -0.39 is 10.0 Å². The molecule has 21 heavy (non-hydrogen) atoms. The van der Waals surface area contributed by atoms with E-state index in [0.29, 0.717) is 5.69 Å². The molecule has 0 saturated heterocycles. The first kappa shape index (κ1) is 13.9. The summed E-state index contributed by atoms with van der Waals surface area (Å²) in [5.41, 5.74) is 5.86. The fraction of sp³-hybridized carbons (Fsp3) is 0.267. The molecule has 6 heteroatoms. The Bertz CT molecular complexity index is 806. The fourth-order valence-corrected chi connectivity index (χ4v) is 3.39. The predicted octanol–water partition coefficient (Wildman–Crippen LogP) is 2.47. The van der Waals surface area contributed by atoms with Gasteiger partial charge in [0.2, 0.25) is 10.0 Å². The zero-order valence-corrected chi connectivity index (χ0v) is 12.8. The van der Waals surface area contributed by atoms with E-state index in [2.05, 4.69) is 20.8 Å². The molecule has 1 aliphatic carbocycles. The largest absolute Gasteiger partial charge is 0.351 e. The topological polar surface area (TPSA) is 74.8 Å². The van der Waals surface area contributed by atoms with E-state index in [1.54, 1.807) is 6.33 Å². The van der Waals surface area contributed by atoms with Gasteiger partial charge in [-0.05, 0) is 42.5 Å². The van der Waals surface area contributed by atoms with Gasteiger partial charge in [0, 0.05) is 11.8 Å². The summed E-state index contributed by atoms with van der Waals surface area (Å²) in [7, 11) is -3.29. The molecule has 0 unspecified atom stereocenters. The molecule has 1 heterocycles. The first-order valence-electron chi connectivity index (χ1n) is 6.75. The Morgan fingerprint density at radius 2 is 2.14 bits per heavy atom. The van der Waals surface area contributed by atoms with Crippen LogP contribution in [0.5, 0.6) is 0 Å². The first-order valence-corrected chi connectivity index (χ1v) is 8.65. The molecular weight excluding hydrogens is 286 g/mol. The molecular formula is C15H17N3O2S. The van der Waals surface area contributed by atoms with Gasteiger partial charge < -0.3 is 4.98 Å². The molecule has 0 saturated carbocycles. The van der Waals surface area contributed by atoms with Crippen molar-refractivity contribution in [2.24, 2.45) is 0 Å². The molecule has 1 aromatic carbocycles. The van der Waals surface area contributed by atoms with E-state index in [4.69, 9.17) is 0 Å². The highest BCUT2D eigenvalue weighted by molar-refractivity contribution is 7.92. The Labute approximate surface area is 124 Å². The number of fused-ring (bicyclic) bond motifs is 1. The third-order valence-corrected chi connectivity index (χ3v) is 4.19. The lowest BCUT2D eigenvalue weighted by molar-refractivity contribution is 0.606. The predicted molar refractivity (Wildman–Crippen MR) is 83.6 cm³/mol. The van der Waals surface area contributed by atoms with Crippen LogP contribution in [0.4, 0.5) is 5.69 Å². The number of anilines is 1. The molecule has 1 aromatic heterocycles. The smallest absolute Gasteiger partial charge is 0.229 e.